The van der Waals surface area contributed by atoms with E-state index < -0.39 is 0 Å². The number of hydrogen-bond acceptors (Lipinski definition) is 4. The zero-order valence-corrected chi connectivity index (χ0v) is 13.1. The number of guanidine groups is 1. The van der Waals surface area contributed by atoms with Crippen LogP contribution in [0.4, 0.5) is 5.95 Å². The van der Waals surface area contributed by atoms with Gasteiger partial charge in [0.1, 0.15) is 0 Å². The minimum Gasteiger partial charge on any atom is -0.360 e. The molecule has 0 saturated heterocycles. The molecule has 21 heavy (non-hydrogen) atoms. The van der Waals surface area contributed by atoms with Crippen LogP contribution < -0.4 is 16.0 Å². The molecule has 0 amide bonds. The van der Waals surface area contributed by atoms with Gasteiger partial charge >= 0.3 is 0 Å². The molecule has 112 valence electrons. The molecular formula is C14H20N6S. The minimum atomic E-state index is 0.384. The Morgan fingerprint density at radius 1 is 1.19 bits per heavy atom. The number of aromatic nitrogens is 2. The van der Waals surface area contributed by atoms with Crippen LogP contribution in [0.15, 0.2) is 11.1 Å². The number of thiocarbonyl (C=S) groups is 1. The quantitative estimate of drug-likeness (QED) is 0.448. The van der Waals surface area contributed by atoms with Gasteiger partial charge in [-0.1, -0.05) is 0 Å². The van der Waals surface area contributed by atoms with Gasteiger partial charge in [0.15, 0.2) is 5.11 Å². The number of anilines is 1. The van der Waals surface area contributed by atoms with E-state index in [0.29, 0.717) is 29.1 Å². The summed E-state index contributed by atoms with van der Waals surface area (Å²) in [5.74, 6) is 1.18. The summed E-state index contributed by atoms with van der Waals surface area (Å²) in [6.07, 6.45) is 4.63. The van der Waals surface area contributed by atoms with Crippen LogP contribution in [0.3, 0.4) is 0 Å². The lowest BCUT2D eigenvalue weighted by Crippen LogP contribution is -2.43. The summed E-state index contributed by atoms with van der Waals surface area (Å²) in [5, 5.41) is 10.1. The van der Waals surface area contributed by atoms with Crippen molar-refractivity contribution < 1.29 is 0 Å². The molecule has 0 spiro atoms. The lowest BCUT2D eigenvalue weighted by molar-refractivity contribution is 0.896. The van der Waals surface area contributed by atoms with Gasteiger partial charge in [0.2, 0.25) is 11.9 Å². The summed E-state index contributed by atoms with van der Waals surface area (Å²) < 4.78 is 0. The highest BCUT2D eigenvalue weighted by atomic mass is 32.1. The Labute approximate surface area is 129 Å². The molecule has 0 aromatic carbocycles. The third-order valence-corrected chi connectivity index (χ3v) is 3.44. The topological polar surface area (TPSA) is 74.2 Å². The van der Waals surface area contributed by atoms with E-state index in [-0.39, 0.29) is 0 Å². The fourth-order valence-electron chi connectivity index (χ4n) is 1.93. The van der Waals surface area contributed by atoms with Crippen molar-refractivity contribution in [3.8, 4) is 0 Å². The normalized spacial score (nSPS) is 18.3. The summed E-state index contributed by atoms with van der Waals surface area (Å²) in [4.78, 5) is 13.3. The van der Waals surface area contributed by atoms with E-state index in [1.165, 1.54) is 12.8 Å². The van der Waals surface area contributed by atoms with Gasteiger partial charge < -0.3 is 10.6 Å². The highest BCUT2D eigenvalue weighted by molar-refractivity contribution is 7.80. The zero-order valence-electron chi connectivity index (χ0n) is 12.3. The Balaban J connectivity index is 1.67. The van der Waals surface area contributed by atoms with Crippen LogP contribution in [0.2, 0.25) is 0 Å². The molecule has 7 heteroatoms. The number of aliphatic imine (C=N–C) groups is 1. The van der Waals surface area contributed by atoms with Crippen molar-refractivity contribution in [2.24, 2.45) is 4.99 Å². The summed E-state index contributed by atoms with van der Waals surface area (Å²) >= 11 is 5.30. The second kappa shape index (κ2) is 5.93. The van der Waals surface area contributed by atoms with Gasteiger partial charge in [-0.2, -0.15) is 0 Å². The van der Waals surface area contributed by atoms with E-state index in [9.17, 15) is 0 Å². The third-order valence-electron chi connectivity index (χ3n) is 3.22. The van der Waals surface area contributed by atoms with Crippen molar-refractivity contribution in [1.29, 1.82) is 0 Å². The minimum absolute atomic E-state index is 0.384. The number of aryl methyl sites for hydroxylation is 2. The van der Waals surface area contributed by atoms with Gasteiger partial charge in [0, 0.05) is 17.4 Å². The van der Waals surface area contributed by atoms with Crippen LogP contribution in [0.1, 0.15) is 37.1 Å². The first-order valence-electron chi connectivity index (χ1n) is 7.33. The summed E-state index contributed by atoms with van der Waals surface area (Å²) in [5.41, 5.74) is 1.85. The number of nitrogens with one attached hydrogen (secondary N) is 3. The van der Waals surface area contributed by atoms with Crippen LogP contribution in [0.5, 0.6) is 0 Å². The van der Waals surface area contributed by atoms with Gasteiger partial charge in [-0.15, -0.1) is 0 Å². The molecule has 0 bridgehead atoms. The first kappa shape index (κ1) is 14.2. The Morgan fingerprint density at radius 2 is 1.86 bits per heavy atom. The molecule has 0 radical (unpaired) electrons. The van der Waals surface area contributed by atoms with Crippen LogP contribution in [0.25, 0.3) is 0 Å². The average Bonchev–Trinajstić information content (AvgIpc) is 3.23. The highest BCUT2D eigenvalue weighted by Gasteiger charge is 2.24. The zero-order chi connectivity index (χ0) is 14.8. The van der Waals surface area contributed by atoms with E-state index in [2.05, 4.69) is 30.9 Å². The molecule has 0 unspecified atom stereocenters. The van der Waals surface area contributed by atoms with Crippen molar-refractivity contribution in [1.82, 2.24) is 20.6 Å². The van der Waals surface area contributed by atoms with E-state index in [0.717, 1.165) is 24.2 Å². The molecular weight excluding hydrogens is 284 g/mol. The lowest BCUT2D eigenvalue weighted by atomic mass is 10.4. The molecule has 2 fully saturated rings. The fourth-order valence-corrected chi connectivity index (χ4v) is 2.19. The Bertz CT molecular complexity index is 557. The van der Waals surface area contributed by atoms with Crippen molar-refractivity contribution in [2.75, 3.05) is 5.32 Å². The molecule has 6 nitrogen and oxygen atoms in total. The Hall–Kier alpha value is -1.76. The predicted molar refractivity (Wildman–Crippen MR) is 87.5 cm³/mol. The lowest BCUT2D eigenvalue weighted by Gasteiger charge is -2.13. The van der Waals surface area contributed by atoms with Crippen molar-refractivity contribution in [2.45, 2.75) is 51.6 Å². The van der Waals surface area contributed by atoms with E-state index in [1.807, 2.05) is 19.9 Å². The largest absolute Gasteiger partial charge is 0.360 e. The molecule has 1 aromatic heterocycles. The molecule has 1 heterocycles. The SMILES string of the molecule is Cc1cc(C)nc(NC(=NC2CC2)NC(=S)NC2CC2)n1. The molecule has 0 atom stereocenters. The van der Waals surface area contributed by atoms with Crippen LogP contribution in [-0.2, 0) is 0 Å². The maximum absolute atomic E-state index is 5.30. The predicted octanol–water partition coefficient (Wildman–Crippen LogP) is 1.65. The van der Waals surface area contributed by atoms with Crippen LogP contribution in [-0.4, -0.2) is 33.1 Å². The second-order valence-electron chi connectivity index (χ2n) is 5.68. The number of nitrogens with zero attached hydrogens (tertiary/aromatic N) is 3. The van der Waals surface area contributed by atoms with E-state index in [1.54, 1.807) is 0 Å². The number of hydrogen-bond donors (Lipinski definition) is 3. The first-order chi connectivity index (χ1) is 10.1. The third kappa shape index (κ3) is 4.63. The monoisotopic (exact) mass is 304 g/mol. The average molecular weight is 304 g/mol. The van der Waals surface area contributed by atoms with Gasteiger partial charge in [-0.05, 0) is 57.8 Å². The molecule has 2 saturated carbocycles. The Kier molecular flexibility index (Phi) is 4.01. The molecule has 1 aromatic rings. The van der Waals surface area contributed by atoms with Gasteiger partial charge in [-0.3, -0.25) is 5.32 Å². The first-order valence-corrected chi connectivity index (χ1v) is 7.74. The van der Waals surface area contributed by atoms with E-state index >= 15 is 0 Å². The second-order valence-corrected chi connectivity index (χ2v) is 6.09. The highest BCUT2D eigenvalue weighted by Crippen LogP contribution is 2.23. The molecule has 3 rings (SSSR count). The molecule has 2 aliphatic rings. The van der Waals surface area contributed by atoms with Gasteiger partial charge in [0.25, 0.3) is 0 Å². The summed E-state index contributed by atoms with van der Waals surface area (Å²) in [7, 11) is 0. The Morgan fingerprint density at radius 3 is 2.43 bits per heavy atom. The van der Waals surface area contributed by atoms with Gasteiger partial charge in [-0.25, -0.2) is 15.0 Å². The standard InChI is InChI=1S/C14H20N6S/c1-8-7-9(2)16-12(15-8)19-13(17-10-3-4-10)20-14(21)18-11-5-6-11/h7,10-11H,3-6H2,1-2H3,(H3,15,16,17,18,19,20,21). The molecule has 0 aliphatic heterocycles. The van der Waals surface area contributed by atoms with Crippen molar-refractivity contribution in [3.05, 3.63) is 17.5 Å². The smallest absolute Gasteiger partial charge is 0.229 e. The molecule has 2 aliphatic carbocycles. The number of rotatable bonds is 3. The summed E-state index contributed by atoms with van der Waals surface area (Å²) in [6.45, 7) is 3.90. The van der Waals surface area contributed by atoms with E-state index in [4.69, 9.17) is 12.2 Å². The van der Waals surface area contributed by atoms with Crippen molar-refractivity contribution in [3.63, 3.8) is 0 Å². The summed E-state index contributed by atoms with van der Waals surface area (Å²) in [6, 6.07) is 2.84. The fraction of sp³-hybridized carbons (Fsp3) is 0.571. The van der Waals surface area contributed by atoms with Crippen molar-refractivity contribution >= 4 is 29.2 Å². The maximum atomic E-state index is 5.30. The van der Waals surface area contributed by atoms with Gasteiger partial charge in [0.05, 0.1) is 6.04 Å². The molecule has 3 N–H and O–H groups in total. The van der Waals surface area contributed by atoms with Crippen LogP contribution in [0, 0.1) is 13.8 Å². The maximum Gasteiger partial charge on any atom is 0.229 e. The van der Waals surface area contributed by atoms with Crippen LogP contribution >= 0.6 is 12.2 Å².